The quantitative estimate of drug-likeness (QED) is 0.750. The molecule has 23 heavy (non-hydrogen) atoms. The van der Waals surface area contributed by atoms with Crippen molar-refractivity contribution in [2.24, 2.45) is 5.92 Å². The molecule has 1 aromatic heterocycles. The van der Waals surface area contributed by atoms with Crippen molar-refractivity contribution in [3.63, 3.8) is 0 Å². The van der Waals surface area contributed by atoms with Gasteiger partial charge in [-0.15, -0.1) is 23.1 Å². The van der Waals surface area contributed by atoms with Crippen molar-refractivity contribution < 1.29 is 14.7 Å². The summed E-state index contributed by atoms with van der Waals surface area (Å²) in [5.74, 6) is -1.10. The minimum Gasteiger partial charge on any atom is -0.481 e. The van der Waals surface area contributed by atoms with Gasteiger partial charge in [-0.05, 0) is 19.1 Å². The van der Waals surface area contributed by atoms with Crippen molar-refractivity contribution in [1.29, 1.82) is 0 Å². The number of thioether (sulfide) groups is 1. The lowest BCUT2D eigenvalue weighted by Gasteiger charge is -2.11. The molecular weight excluding hydrogens is 332 g/mol. The fourth-order valence-electron chi connectivity index (χ4n) is 1.83. The number of rotatable bonds is 7. The van der Waals surface area contributed by atoms with Gasteiger partial charge in [-0.25, -0.2) is 4.98 Å². The maximum absolute atomic E-state index is 12.3. The third kappa shape index (κ3) is 5.07. The second-order valence-electron chi connectivity index (χ2n) is 5.09. The molecule has 2 rings (SSSR count). The molecule has 0 aliphatic carbocycles. The van der Waals surface area contributed by atoms with Crippen molar-refractivity contribution in [2.45, 2.75) is 24.5 Å². The lowest BCUT2D eigenvalue weighted by molar-refractivity contribution is -0.140. The predicted octanol–water partition coefficient (Wildman–Crippen LogP) is 3.19. The molecule has 0 fully saturated rings. The SMILES string of the molecule is Cc1nc(CSc2ccccc2C(=O)NCC(C)C(=O)O)cs1. The zero-order valence-electron chi connectivity index (χ0n) is 12.9. The van der Waals surface area contributed by atoms with Gasteiger partial charge >= 0.3 is 5.97 Å². The van der Waals surface area contributed by atoms with Crippen LogP contribution in [0.5, 0.6) is 0 Å². The molecule has 0 radical (unpaired) electrons. The van der Waals surface area contributed by atoms with Crippen LogP contribution < -0.4 is 5.32 Å². The van der Waals surface area contributed by atoms with E-state index in [4.69, 9.17) is 5.11 Å². The molecule has 1 amide bonds. The second-order valence-corrected chi connectivity index (χ2v) is 7.17. The number of amides is 1. The van der Waals surface area contributed by atoms with Gasteiger partial charge < -0.3 is 10.4 Å². The number of benzene rings is 1. The predicted molar refractivity (Wildman–Crippen MR) is 92.0 cm³/mol. The van der Waals surface area contributed by atoms with Crippen LogP contribution in [0.4, 0.5) is 0 Å². The molecule has 5 nitrogen and oxygen atoms in total. The first-order valence-corrected chi connectivity index (χ1v) is 8.97. The van der Waals surface area contributed by atoms with E-state index in [1.54, 1.807) is 42.2 Å². The van der Waals surface area contributed by atoms with E-state index < -0.39 is 11.9 Å². The summed E-state index contributed by atoms with van der Waals surface area (Å²) in [6.45, 7) is 3.64. The highest BCUT2D eigenvalue weighted by atomic mass is 32.2. The number of carbonyl (C=O) groups is 2. The number of carboxylic acid groups (broad SMARTS) is 1. The summed E-state index contributed by atoms with van der Waals surface area (Å²) in [6.07, 6.45) is 0. The Bertz CT molecular complexity index is 700. The number of aryl methyl sites for hydroxylation is 1. The van der Waals surface area contributed by atoms with E-state index in [2.05, 4.69) is 10.3 Å². The Labute approximate surface area is 143 Å². The average Bonchev–Trinajstić information content (AvgIpc) is 2.96. The molecule has 0 spiro atoms. The first kappa shape index (κ1) is 17.5. The zero-order chi connectivity index (χ0) is 16.8. The summed E-state index contributed by atoms with van der Waals surface area (Å²) in [5, 5.41) is 14.6. The van der Waals surface area contributed by atoms with Crippen molar-refractivity contribution in [3.8, 4) is 0 Å². The van der Waals surface area contributed by atoms with Crippen molar-refractivity contribution in [3.05, 3.63) is 45.9 Å². The molecule has 0 aliphatic rings. The number of carboxylic acids is 1. The summed E-state index contributed by atoms with van der Waals surface area (Å²) in [6, 6.07) is 7.31. The Morgan fingerprint density at radius 3 is 2.78 bits per heavy atom. The molecule has 0 bridgehead atoms. The lowest BCUT2D eigenvalue weighted by atomic mass is 10.1. The molecular formula is C16H18N2O3S2. The van der Waals surface area contributed by atoms with Crippen molar-refractivity contribution in [2.75, 3.05) is 6.54 Å². The van der Waals surface area contributed by atoms with E-state index in [1.165, 1.54) is 0 Å². The third-order valence-electron chi connectivity index (χ3n) is 3.16. The fourth-order valence-corrected chi connectivity index (χ4v) is 3.50. The fraction of sp³-hybridized carbons (Fsp3) is 0.312. The summed E-state index contributed by atoms with van der Waals surface area (Å²) >= 11 is 3.15. The van der Waals surface area contributed by atoms with Gasteiger partial charge in [0, 0.05) is 22.6 Å². The van der Waals surface area contributed by atoms with E-state index >= 15 is 0 Å². The number of nitrogens with zero attached hydrogens (tertiary/aromatic N) is 1. The molecule has 0 saturated carbocycles. The number of aliphatic carboxylic acids is 1. The number of aromatic nitrogens is 1. The van der Waals surface area contributed by atoms with Crippen LogP contribution in [-0.4, -0.2) is 28.5 Å². The number of hydrogen-bond acceptors (Lipinski definition) is 5. The highest BCUT2D eigenvalue weighted by molar-refractivity contribution is 7.98. The molecule has 1 atom stereocenters. The monoisotopic (exact) mass is 350 g/mol. The lowest BCUT2D eigenvalue weighted by Crippen LogP contribution is -2.31. The van der Waals surface area contributed by atoms with Gasteiger partial charge in [-0.1, -0.05) is 19.1 Å². The van der Waals surface area contributed by atoms with Crippen LogP contribution in [-0.2, 0) is 10.5 Å². The molecule has 0 saturated heterocycles. The van der Waals surface area contributed by atoms with Gasteiger partial charge in [-0.2, -0.15) is 0 Å². The van der Waals surface area contributed by atoms with Gasteiger partial charge in [0.15, 0.2) is 0 Å². The van der Waals surface area contributed by atoms with Crippen LogP contribution in [0.3, 0.4) is 0 Å². The van der Waals surface area contributed by atoms with Crippen molar-refractivity contribution in [1.82, 2.24) is 10.3 Å². The van der Waals surface area contributed by atoms with Gasteiger partial charge in [0.2, 0.25) is 0 Å². The number of hydrogen-bond donors (Lipinski definition) is 2. The highest BCUT2D eigenvalue weighted by Gasteiger charge is 2.15. The van der Waals surface area contributed by atoms with Crippen LogP contribution in [0, 0.1) is 12.8 Å². The van der Waals surface area contributed by atoms with E-state index in [0.717, 1.165) is 15.6 Å². The Hall–Kier alpha value is -1.86. The molecule has 1 unspecified atom stereocenters. The first-order chi connectivity index (χ1) is 11.0. The summed E-state index contributed by atoms with van der Waals surface area (Å²) < 4.78 is 0. The van der Waals surface area contributed by atoms with E-state index in [9.17, 15) is 9.59 Å². The molecule has 0 aliphatic heterocycles. The average molecular weight is 350 g/mol. The van der Waals surface area contributed by atoms with Crippen LogP contribution in [0.2, 0.25) is 0 Å². The van der Waals surface area contributed by atoms with E-state index in [-0.39, 0.29) is 12.5 Å². The van der Waals surface area contributed by atoms with Crippen LogP contribution in [0.15, 0.2) is 34.5 Å². The Balaban J connectivity index is 2.01. The molecule has 122 valence electrons. The van der Waals surface area contributed by atoms with E-state index in [0.29, 0.717) is 11.3 Å². The Kier molecular flexibility index (Phi) is 6.18. The Morgan fingerprint density at radius 2 is 2.13 bits per heavy atom. The molecule has 2 N–H and O–H groups in total. The van der Waals surface area contributed by atoms with Gasteiger partial charge in [0.25, 0.3) is 5.91 Å². The molecule has 7 heteroatoms. The summed E-state index contributed by atoms with van der Waals surface area (Å²) in [5.41, 5.74) is 1.55. The molecule has 1 heterocycles. The van der Waals surface area contributed by atoms with Gasteiger partial charge in [-0.3, -0.25) is 9.59 Å². The normalized spacial score (nSPS) is 11.9. The van der Waals surface area contributed by atoms with Gasteiger partial charge in [0.05, 0.1) is 22.2 Å². The van der Waals surface area contributed by atoms with Crippen LogP contribution in [0.1, 0.15) is 28.0 Å². The topological polar surface area (TPSA) is 79.3 Å². The largest absolute Gasteiger partial charge is 0.481 e. The minimum atomic E-state index is -0.924. The second kappa shape index (κ2) is 8.12. The van der Waals surface area contributed by atoms with Crippen molar-refractivity contribution >= 4 is 35.0 Å². The van der Waals surface area contributed by atoms with E-state index in [1.807, 2.05) is 24.4 Å². The Morgan fingerprint density at radius 1 is 1.39 bits per heavy atom. The summed E-state index contributed by atoms with van der Waals surface area (Å²) in [4.78, 5) is 28.4. The van der Waals surface area contributed by atoms with Crippen LogP contribution >= 0.6 is 23.1 Å². The zero-order valence-corrected chi connectivity index (χ0v) is 14.5. The standard InChI is InChI=1S/C16H18N2O3S2/c1-10(16(20)21)7-17-15(19)13-5-3-4-6-14(13)23-9-12-8-22-11(2)18-12/h3-6,8,10H,7,9H2,1-2H3,(H,17,19)(H,20,21). The molecule has 1 aromatic carbocycles. The van der Waals surface area contributed by atoms with Crippen LogP contribution in [0.25, 0.3) is 0 Å². The smallest absolute Gasteiger partial charge is 0.308 e. The minimum absolute atomic E-state index is 0.110. The number of nitrogens with one attached hydrogen (secondary N) is 1. The first-order valence-electron chi connectivity index (χ1n) is 7.11. The summed E-state index contributed by atoms with van der Waals surface area (Å²) in [7, 11) is 0. The maximum Gasteiger partial charge on any atom is 0.308 e. The molecule has 2 aromatic rings. The maximum atomic E-state index is 12.3. The number of carbonyl (C=O) groups excluding carboxylic acids is 1. The third-order valence-corrected chi connectivity index (χ3v) is 5.09. The highest BCUT2D eigenvalue weighted by Crippen LogP contribution is 2.26. The number of thiazole rings is 1. The van der Waals surface area contributed by atoms with Gasteiger partial charge in [0.1, 0.15) is 0 Å².